The Kier molecular flexibility index (Phi) is 3.67. The summed E-state index contributed by atoms with van der Waals surface area (Å²) in [6.45, 7) is 0. The van der Waals surface area contributed by atoms with Crippen molar-refractivity contribution in [3.05, 3.63) is 94.6 Å². The van der Waals surface area contributed by atoms with Crippen LogP contribution in [0.2, 0.25) is 0 Å². The third-order valence-corrected chi connectivity index (χ3v) is 3.37. The first-order chi connectivity index (χ1) is 10.6. The first-order valence-corrected chi connectivity index (χ1v) is 6.58. The second-order valence-electron chi connectivity index (χ2n) is 4.75. The van der Waals surface area contributed by atoms with E-state index in [2.05, 4.69) is 0 Å². The van der Waals surface area contributed by atoms with Crippen LogP contribution in [0.25, 0.3) is 11.7 Å². The van der Waals surface area contributed by atoms with Crippen LogP contribution in [0.15, 0.2) is 83.5 Å². The molecule has 0 radical (unpaired) electrons. The van der Waals surface area contributed by atoms with E-state index >= 15 is 0 Å². The number of benzene rings is 2. The summed E-state index contributed by atoms with van der Waals surface area (Å²) in [5, 5.41) is 0. The summed E-state index contributed by atoms with van der Waals surface area (Å²) in [7, 11) is 0. The maximum absolute atomic E-state index is 14.4. The predicted octanol–water partition coefficient (Wildman–Crippen LogP) is 5.91. The summed E-state index contributed by atoms with van der Waals surface area (Å²) in [6, 6.07) is 15.5. The van der Waals surface area contributed by atoms with Gasteiger partial charge in [-0.1, -0.05) is 60.7 Å². The molecule has 0 unspecified atom stereocenters. The van der Waals surface area contributed by atoms with Gasteiger partial charge in [-0.2, -0.15) is 8.78 Å². The summed E-state index contributed by atoms with van der Waals surface area (Å²) in [5.74, 6) is -1.69. The zero-order valence-electron chi connectivity index (χ0n) is 11.3. The average molecular weight is 302 g/mol. The van der Waals surface area contributed by atoms with Gasteiger partial charge in [-0.05, 0) is 0 Å². The van der Waals surface area contributed by atoms with Crippen LogP contribution in [0, 0.1) is 0 Å². The van der Waals surface area contributed by atoms with Crippen molar-refractivity contribution in [2.75, 3.05) is 0 Å². The second kappa shape index (κ2) is 5.64. The van der Waals surface area contributed by atoms with E-state index in [4.69, 9.17) is 0 Å². The third kappa shape index (κ3) is 2.48. The highest BCUT2D eigenvalue weighted by Gasteiger charge is 2.42. The van der Waals surface area contributed by atoms with Crippen molar-refractivity contribution >= 4 is 11.7 Å². The molecule has 2 aromatic rings. The Balaban J connectivity index is 2.16. The molecule has 1 aliphatic rings. The van der Waals surface area contributed by atoms with E-state index in [1.54, 1.807) is 36.4 Å². The van der Waals surface area contributed by atoms with Crippen LogP contribution in [0.3, 0.4) is 0 Å². The number of hydrogen-bond acceptors (Lipinski definition) is 0. The monoisotopic (exact) mass is 302 g/mol. The summed E-state index contributed by atoms with van der Waals surface area (Å²) in [4.78, 5) is 0. The van der Waals surface area contributed by atoms with E-state index in [9.17, 15) is 17.6 Å². The Hall–Kier alpha value is -2.62. The van der Waals surface area contributed by atoms with Crippen molar-refractivity contribution in [1.29, 1.82) is 0 Å². The molecule has 0 saturated heterocycles. The van der Waals surface area contributed by atoms with Crippen molar-refractivity contribution in [2.24, 2.45) is 0 Å². The van der Waals surface area contributed by atoms with Crippen LogP contribution >= 0.6 is 0 Å². The van der Waals surface area contributed by atoms with Crippen LogP contribution in [0.5, 0.6) is 0 Å². The predicted molar refractivity (Wildman–Crippen MR) is 78.2 cm³/mol. The van der Waals surface area contributed by atoms with E-state index in [1.165, 1.54) is 24.3 Å². The molecule has 2 aromatic carbocycles. The van der Waals surface area contributed by atoms with Gasteiger partial charge in [-0.3, -0.25) is 0 Å². The van der Waals surface area contributed by atoms with Gasteiger partial charge in [0.15, 0.2) is 0 Å². The molecule has 110 valence electrons. The Morgan fingerprint density at radius 2 is 0.864 bits per heavy atom. The van der Waals surface area contributed by atoms with Gasteiger partial charge in [0, 0.05) is 22.3 Å². The summed E-state index contributed by atoms with van der Waals surface area (Å²) < 4.78 is 54.6. The number of allylic oxidation sites excluding steroid dienone is 3. The molecule has 1 aliphatic carbocycles. The van der Waals surface area contributed by atoms with Gasteiger partial charge in [0.1, 0.15) is 11.7 Å². The van der Waals surface area contributed by atoms with Crippen molar-refractivity contribution < 1.29 is 17.6 Å². The fraction of sp³-hybridized carbons (Fsp3) is 0. The Morgan fingerprint density at radius 3 is 1.18 bits per heavy atom. The van der Waals surface area contributed by atoms with Crippen molar-refractivity contribution in [3.8, 4) is 0 Å². The first kappa shape index (κ1) is 14.3. The van der Waals surface area contributed by atoms with Gasteiger partial charge in [0.05, 0.1) is 5.57 Å². The highest BCUT2D eigenvalue weighted by molar-refractivity contribution is 5.97. The maximum Gasteiger partial charge on any atom is 0.278 e. The molecule has 0 N–H and O–H groups in total. The quantitative estimate of drug-likeness (QED) is 0.605. The van der Waals surface area contributed by atoms with Gasteiger partial charge < -0.3 is 0 Å². The lowest BCUT2D eigenvalue weighted by Crippen LogP contribution is -1.77. The lowest BCUT2D eigenvalue weighted by molar-refractivity contribution is 0.419. The molecule has 4 heteroatoms. The highest BCUT2D eigenvalue weighted by Crippen LogP contribution is 2.55. The Morgan fingerprint density at radius 1 is 0.500 bits per heavy atom. The summed E-state index contributed by atoms with van der Waals surface area (Å²) in [5.41, 5.74) is -1.05. The van der Waals surface area contributed by atoms with Crippen molar-refractivity contribution in [1.82, 2.24) is 0 Å². The van der Waals surface area contributed by atoms with E-state index in [0.717, 1.165) is 0 Å². The molecule has 1 saturated carbocycles. The topological polar surface area (TPSA) is 0 Å². The molecular weight excluding hydrogens is 292 g/mol. The highest BCUT2D eigenvalue weighted by atomic mass is 19.3. The fourth-order valence-corrected chi connectivity index (χ4v) is 2.27. The van der Waals surface area contributed by atoms with Crippen molar-refractivity contribution in [3.63, 3.8) is 0 Å². The van der Waals surface area contributed by atoms with E-state index in [1.807, 2.05) is 0 Å². The molecule has 0 nitrogen and oxygen atoms in total. The minimum absolute atomic E-state index is 0.145. The van der Waals surface area contributed by atoms with Crippen molar-refractivity contribution in [2.45, 2.75) is 0 Å². The van der Waals surface area contributed by atoms with Gasteiger partial charge in [0.2, 0.25) is 0 Å². The minimum atomic E-state index is -2.08. The molecule has 22 heavy (non-hydrogen) atoms. The number of halogens is 4. The zero-order valence-corrected chi connectivity index (χ0v) is 11.3. The molecule has 0 aliphatic heterocycles. The molecule has 0 bridgehead atoms. The molecule has 0 spiro atoms. The standard InChI is InChI=1S/C18H10F4/c19-16(11-7-3-1-4-8-11)13-14(15(13)18(21)22)17(20)12-9-5-2-6-10-12/h1-10H/b16-13-,17-14+. The lowest BCUT2D eigenvalue weighted by atomic mass is 10.1. The normalized spacial score (nSPS) is 18.1. The largest absolute Gasteiger partial charge is 0.278 e. The van der Waals surface area contributed by atoms with Crippen LogP contribution in [0.4, 0.5) is 17.6 Å². The molecule has 0 atom stereocenters. The van der Waals surface area contributed by atoms with Crippen LogP contribution < -0.4 is 0 Å². The summed E-state index contributed by atoms with van der Waals surface area (Å²) in [6.07, 6.45) is -2.08. The fourth-order valence-electron chi connectivity index (χ4n) is 2.27. The van der Waals surface area contributed by atoms with Crippen LogP contribution in [-0.2, 0) is 0 Å². The number of rotatable bonds is 2. The molecule has 3 rings (SSSR count). The molecule has 0 aromatic heterocycles. The average Bonchev–Trinajstić information content (AvgIpc) is 3.31. The van der Waals surface area contributed by atoms with Gasteiger partial charge >= 0.3 is 0 Å². The lowest BCUT2D eigenvalue weighted by Gasteiger charge is -1.96. The SMILES string of the molecule is FC(F)=C1C(=C(\F)c2ccccc2)/C1=C(\F)c1ccccc1. The maximum atomic E-state index is 14.4. The molecule has 0 heterocycles. The van der Waals surface area contributed by atoms with Gasteiger partial charge in [-0.25, -0.2) is 8.78 Å². The van der Waals surface area contributed by atoms with E-state index < -0.39 is 23.3 Å². The second-order valence-corrected chi connectivity index (χ2v) is 4.75. The third-order valence-electron chi connectivity index (χ3n) is 3.37. The molecular formula is C18H10F4. The summed E-state index contributed by atoms with van der Waals surface area (Å²) >= 11 is 0. The smallest absolute Gasteiger partial charge is 0.206 e. The molecule has 1 fully saturated rings. The Labute approximate surface area is 124 Å². The minimum Gasteiger partial charge on any atom is -0.206 e. The van der Waals surface area contributed by atoms with E-state index in [-0.39, 0.29) is 22.3 Å². The van der Waals surface area contributed by atoms with Crippen LogP contribution in [-0.4, -0.2) is 0 Å². The first-order valence-electron chi connectivity index (χ1n) is 6.58. The van der Waals surface area contributed by atoms with Gasteiger partial charge in [-0.15, -0.1) is 0 Å². The Bertz CT molecular complexity index is 732. The van der Waals surface area contributed by atoms with Gasteiger partial charge in [0.25, 0.3) is 6.08 Å². The number of hydrogen-bond donors (Lipinski definition) is 0. The molecule has 0 amide bonds. The van der Waals surface area contributed by atoms with E-state index in [0.29, 0.717) is 0 Å². The van der Waals surface area contributed by atoms with Crippen LogP contribution in [0.1, 0.15) is 11.1 Å². The zero-order chi connectivity index (χ0) is 15.7.